The summed E-state index contributed by atoms with van der Waals surface area (Å²) in [5.41, 5.74) is 1.54. The number of hydrogen-bond acceptors (Lipinski definition) is 6. The number of aliphatic hydroxyl groups excluding tert-OH is 1. The van der Waals surface area contributed by atoms with Crippen molar-refractivity contribution >= 4 is 40.9 Å². The number of fused-ring (bicyclic) bond motifs is 1. The van der Waals surface area contributed by atoms with Crippen molar-refractivity contribution in [1.82, 2.24) is 9.80 Å². The zero-order valence-corrected chi connectivity index (χ0v) is 29.0. The predicted molar refractivity (Wildman–Crippen MR) is 187 cm³/mol. The third-order valence-electron chi connectivity index (χ3n) is 7.32. The Bertz CT molecular complexity index is 1700. The summed E-state index contributed by atoms with van der Waals surface area (Å²) in [7, 11) is 4.16. The third-order valence-corrected chi connectivity index (χ3v) is 8.55. The first-order valence-corrected chi connectivity index (χ1v) is 16.8. The molecule has 1 atom stereocenters. The summed E-state index contributed by atoms with van der Waals surface area (Å²) >= 11 is 7.71. The summed E-state index contributed by atoms with van der Waals surface area (Å²) < 4.78 is 43.9. The van der Waals surface area contributed by atoms with Crippen LogP contribution in [-0.2, 0) is 23.9 Å². The van der Waals surface area contributed by atoms with Crippen LogP contribution in [0.3, 0.4) is 0 Å². The second-order valence-corrected chi connectivity index (χ2v) is 13.5. The first kappa shape index (κ1) is 37.8. The van der Waals surface area contributed by atoms with Gasteiger partial charge in [0.25, 0.3) is 5.91 Å². The van der Waals surface area contributed by atoms with Gasteiger partial charge in [0.2, 0.25) is 5.91 Å². The number of carbonyl (C=O) groups is 2. The molecule has 0 saturated heterocycles. The summed E-state index contributed by atoms with van der Waals surface area (Å²) in [6.07, 6.45) is -4.57. The number of hydrogen-bond donors (Lipinski definition) is 2. The van der Waals surface area contributed by atoms with Crippen LogP contribution in [-0.4, -0.2) is 67.1 Å². The number of para-hydroxylation sites is 1. The second-order valence-electron chi connectivity index (χ2n) is 11.9. The van der Waals surface area contributed by atoms with Crippen LogP contribution in [0.5, 0.6) is 5.75 Å². The standard InChI is InChI=1S/C22H23F3N2O4.C15H16ClNS/c1-14-12-27(9-10-28)21(30)17-3-2-4-18(20(17)31-13-14)26-19(29)11-15-5-7-16(8-6-15)22(23,24)25;1-17(2)11-12-6-8-14(9-7-12)18-15-5-3-4-13(16)10-15/h2-8,14,28H,9-13H2,1H3,(H,26,29);3-10H,11H2,1-2H3/t14-;/m1./s1. The molecule has 0 spiro atoms. The van der Waals surface area contributed by atoms with Crippen molar-refractivity contribution in [2.75, 3.05) is 45.7 Å². The quantitative estimate of drug-likeness (QED) is 0.184. The second kappa shape index (κ2) is 17.6. The normalized spacial score (nSPS) is 14.6. The Kier molecular flexibility index (Phi) is 13.6. The number of rotatable bonds is 9. The topological polar surface area (TPSA) is 82.1 Å². The van der Waals surface area contributed by atoms with Crippen molar-refractivity contribution in [3.05, 3.63) is 118 Å². The van der Waals surface area contributed by atoms with Crippen LogP contribution in [0.2, 0.25) is 5.02 Å². The lowest BCUT2D eigenvalue weighted by Gasteiger charge is -2.30. The van der Waals surface area contributed by atoms with E-state index in [2.05, 4.69) is 54.6 Å². The Morgan fingerprint density at radius 2 is 1.67 bits per heavy atom. The molecule has 0 aromatic heterocycles. The number of benzene rings is 4. The van der Waals surface area contributed by atoms with Crippen molar-refractivity contribution in [2.24, 2.45) is 5.92 Å². The van der Waals surface area contributed by atoms with Crippen LogP contribution in [0.15, 0.2) is 101 Å². The maximum atomic E-state index is 12.9. The zero-order valence-electron chi connectivity index (χ0n) is 27.5. The van der Waals surface area contributed by atoms with Gasteiger partial charge in [-0.15, -0.1) is 0 Å². The molecule has 260 valence electrons. The third kappa shape index (κ3) is 11.5. The number of alkyl halides is 3. The number of carbonyl (C=O) groups excluding carboxylic acids is 2. The van der Waals surface area contributed by atoms with Crippen LogP contribution in [0.4, 0.5) is 18.9 Å². The lowest BCUT2D eigenvalue weighted by atomic mass is 10.1. The van der Waals surface area contributed by atoms with E-state index in [1.807, 2.05) is 25.1 Å². The maximum absolute atomic E-state index is 12.9. The highest BCUT2D eigenvalue weighted by molar-refractivity contribution is 7.99. The highest BCUT2D eigenvalue weighted by Gasteiger charge is 2.30. The molecule has 7 nitrogen and oxygen atoms in total. The molecular formula is C37H39ClF3N3O4S. The van der Waals surface area contributed by atoms with Crippen LogP contribution in [0.25, 0.3) is 0 Å². The number of aliphatic hydroxyl groups is 1. The Labute approximate surface area is 294 Å². The first-order chi connectivity index (χ1) is 23.3. The molecule has 4 aromatic carbocycles. The van der Waals surface area contributed by atoms with Gasteiger partial charge in [-0.25, -0.2) is 0 Å². The van der Waals surface area contributed by atoms with Gasteiger partial charge in [0.05, 0.1) is 36.4 Å². The Morgan fingerprint density at radius 3 is 2.31 bits per heavy atom. The number of ether oxygens (including phenoxy) is 1. The van der Waals surface area contributed by atoms with Crippen molar-refractivity contribution < 1.29 is 32.6 Å². The molecule has 5 rings (SSSR count). The largest absolute Gasteiger partial charge is 0.490 e. The number of nitrogens with one attached hydrogen (secondary N) is 1. The van der Waals surface area contributed by atoms with Crippen LogP contribution in [0.1, 0.15) is 34.0 Å². The minimum Gasteiger partial charge on any atom is -0.490 e. The molecule has 0 unspecified atom stereocenters. The van der Waals surface area contributed by atoms with E-state index in [1.54, 1.807) is 34.9 Å². The molecule has 2 N–H and O–H groups in total. The summed E-state index contributed by atoms with van der Waals surface area (Å²) in [5, 5.41) is 12.7. The van der Waals surface area contributed by atoms with Gasteiger partial charge in [0, 0.05) is 40.4 Å². The smallest absolute Gasteiger partial charge is 0.416 e. The van der Waals surface area contributed by atoms with Gasteiger partial charge < -0.3 is 25.0 Å². The average molecular weight is 714 g/mol. The highest BCUT2D eigenvalue weighted by atomic mass is 35.5. The van der Waals surface area contributed by atoms with E-state index in [1.165, 1.54) is 27.5 Å². The highest BCUT2D eigenvalue weighted by Crippen LogP contribution is 2.33. The molecule has 0 bridgehead atoms. The van der Waals surface area contributed by atoms with Crippen molar-refractivity contribution in [2.45, 2.75) is 35.9 Å². The Hall–Kier alpha value is -4.03. The number of amides is 2. The summed E-state index contributed by atoms with van der Waals surface area (Å²) in [5.74, 6) is -0.511. The van der Waals surface area contributed by atoms with Gasteiger partial charge >= 0.3 is 6.18 Å². The fourth-order valence-corrected chi connectivity index (χ4v) is 6.20. The average Bonchev–Trinajstić information content (AvgIpc) is 3.04. The van der Waals surface area contributed by atoms with Crippen molar-refractivity contribution in [3.8, 4) is 5.75 Å². The molecule has 1 heterocycles. The number of halogens is 4. The maximum Gasteiger partial charge on any atom is 0.416 e. The minimum atomic E-state index is -4.44. The van der Waals surface area contributed by atoms with Gasteiger partial charge in [0.1, 0.15) is 0 Å². The number of nitrogens with zero attached hydrogens (tertiary/aromatic N) is 2. The molecule has 12 heteroatoms. The molecule has 2 amide bonds. The van der Waals surface area contributed by atoms with Crippen LogP contribution in [0, 0.1) is 5.92 Å². The zero-order chi connectivity index (χ0) is 35.6. The van der Waals surface area contributed by atoms with E-state index in [9.17, 15) is 27.9 Å². The Morgan fingerprint density at radius 1 is 1.00 bits per heavy atom. The molecule has 0 fully saturated rings. The molecular weight excluding hydrogens is 675 g/mol. The lowest BCUT2D eigenvalue weighted by Crippen LogP contribution is -2.40. The molecule has 49 heavy (non-hydrogen) atoms. The van der Waals surface area contributed by atoms with Gasteiger partial charge in [-0.2, -0.15) is 13.2 Å². The van der Waals surface area contributed by atoms with Crippen molar-refractivity contribution in [1.29, 1.82) is 0 Å². The van der Waals surface area contributed by atoms with Crippen LogP contribution < -0.4 is 10.1 Å². The van der Waals surface area contributed by atoms with E-state index in [4.69, 9.17) is 16.3 Å². The van der Waals surface area contributed by atoms with Crippen LogP contribution >= 0.6 is 23.4 Å². The predicted octanol–water partition coefficient (Wildman–Crippen LogP) is 7.90. The first-order valence-electron chi connectivity index (χ1n) is 15.6. The monoisotopic (exact) mass is 713 g/mol. The van der Waals surface area contributed by atoms with E-state index < -0.39 is 17.6 Å². The van der Waals surface area contributed by atoms with E-state index in [-0.39, 0.29) is 42.7 Å². The Balaban J connectivity index is 0.000000254. The summed E-state index contributed by atoms with van der Waals surface area (Å²) in [6, 6.07) is 25.8. The van der Waals surface area contributed by atoms with Gasteiger partial charge in [-0.1, -0.05) is 66.7 Å². The van der Waals surface area contributed by atoms with Crippen molar-refractivity contribution in [3.63, 3.8) is 0 Å². The summed E-state index contributed by atoms with van der Waals surface area (Å²) in [6.45, 7) is 3.65. The number of β-amino-alcohol motifs (C(OH)–C–C–N with tert-alkyl or cyclic N) is 1. The fourth-order valence-electron chi connectivity index (χ4n) is 5.07. The van der Waals surface area contributed by atoms with E-state index in [0.29, 0.717) is 24.4 Å². The molecule has 1 aliphatic rings. The molecule has 0 radical (unpaired) electrons. The van der Waals surface area contributed by atoms with E-state index >= 15 is 0 Å². The van der Waals surface area contributed by atoms with Gasteiger partial charge in [0.15, 0.2) is 5.75 Å². The molecule has 0 aliphatic carbocycles. The van der Waals surface area contributed by atoms with E-state index in [0.717, 1.165) is 23.7 Å². The molecule has 4 aromatic rings. The molecule has 1 aliphatic heterocycles. The van der Waals surface area contributed by atoms with Gasteiger partial charge in [-0.05, 0) is 79.8 Å². The molecule has 0 saturated carbocycles. The minimum absolute atomic E-state index is 0.0135. The lowest BCUT2D eigenvalue weighted by molar-refractivity contribution is -0.137. The van der Waals surface area contributed by atoms with Gasteiger partial charge in [-0.3, -0.25) is 9.59 Å². The fraction of sp³-hybridized carbons (Fsp3) is 0.297. The summed E-state index contributed by atoms with van der Waals surface area (Å²) in [4.78, 5) is 31.5. The SMILES string of the molecule is CN(C)Cc1ccc(Sc2cccc(Cl)c2)cc1.C[C@H]1COc2c(NC(=O)Cc3ccc(C(F)(F)F)cc3)cccc2C(=O)N(CCO)C1. The number of anilines is 1.